The molecule has 5 nitrogen and oxygen atoms in total. The molecule has 0 amide bonds. The van der Waals surface area contributed by atoms with E-state index in [1.807, 2.05) is 36.3 Å². The zero-order valence-electron chi connectivity index (χ0n) is 12.7. The molecule has 0 saturated heterocycles. The summed E-state index contributed by atoms with van der Waals surface area (Å²) in [5, 5.41) is 3.54. The fraction of sp³-hybridized carbons (Fsp3) is 0.438. The SMILES string of the molecule is CCNC1CC(c2cncn2C)Oc2ccc(OC)cc21. The number of nitrogens with one attached hydrogen (secondary N) is 1. The van der Waals surface area contributed by atoms with Gasteiger partial charge in [0.05, 0.1) is 25.3 Å². The molecule has 2 aromatic rings. The Hall–Kier alpha value is -2.01. The molecule has 0 radical (unpaired) electrons. The Balaban J connectivity index is 1.96. The minimum absolute atomic E-state index is 0.0162. The first-order chi connectivity index (χ1) is 10.2. The van der Waals surface area contributed by atoms with E-state index < -0.39 is 0 Å². The second-order valence-electron chi connectivity index (χ2n) is 5.29. The number of benzene rings is 1. The third-order valence-electron chi connectivity index (χ3n) is 3.95. The number of nitrogens with zero attached hydrogens (tertiary/aromatic N) is 2. The van der Waals surface area contributed by atoms with Crippen molar-refractivity contribution in [2.24, 2.45) is 7.05 Å². The van der Waals surface area contributed by atoms with Crippen LogP contribution in [0.2, 0.25) is 0 Å². The van der Waals surface area contributed by atoms with Crippen molar-refractivity contribution in [3.8, 4) is 11.5 Å². The zero-order valence-corrected chi connectivity index (χ0v) is 12.7. The van der Waals surface area contributed by atoms with Gasteiger partial charge in [0.1, 0.15) is 17.6 Å². The molecule has 1 aliphatic rings. The van der Waals surface area contributed by atoms with Gasteiger partial charge in [-0.25, -0.2) is 4.98 Å². The lowest BCUT2D eigenvalue weighted by Gasteiger charge is -2.33. The smallest absolute Gasteiger partial charge is 0.142 e. The lowest BCUT2D eigenvalue weighted by Crippen LogP contribution is -2.29. The summed E-state index contributed by atoms with van der Waals surface area (Å²) in [7, 11) is 3.68. The summed E-state index contributed by atoms with van der Waals surface area (Å²) < 4.78 is 13.5. The highest BCUT2D eigenvalue weighted by Crippen LogP contribution is 2.42. The quantitative estimate of drug-likeness (QED) is 0.939. The van der Waals surface area contributed by atoms with Gasteiger partial charge in [-0.1, -0.05) is 6.92 Å². The number of aryl methyl sites for hydroxylation is 1. The van der Waals surface area contributed by atoms with Crippen LogP contribution in [-0.2, 0) is 7.05 Å². The summed E-state index contributed by atoms with van der Waals surface area (Å²) in [6.07, 6.45) is 4.59. The number of methoxy groups -OCH3 is 1. The molecule has 21 heavy (non-hydrogen) atoms. The highest BCUT2D eigenvalue weighted by Gasteiger charge is 2.30. The van der Waals surface area contributed by atoms with E-state index in [0.717, 1.165) is 35.7 Å². The predicted molar refractivity (Wildman–Crippen MR) is 80.6 cm³/mol. The van der Waals surface area contributed by atoms with Crippen LogP contribution in [0.3, 0.4) is 0 Å². The molecule has 1 aromatic heterocycles. The first-order valence-electron chi connectivity index (χ1n) is 7.27. The van der Waals surface area contributed by atoms with Gasteiger partial charge in [0.15, 0.2) is 0 Å². The molecule has 0 bridgehead atoms. The number of ether oxygens (including phenoxy) is 2. The van der Waals surface area contributed by atoms with Gasteiger partial charge in [0.2, 0.25) is 0 Å². The van der Waals surface area contributed by atoms with Crippen LogP contribution in [0.15, 0.2) is 30.7 Å². The monoisotopic (exact) mass is 287 g/mol. The second kappa shape index (κ2) is 5.77. The van der Waals surface area contributed by atoms with Gasteiger partial charge < -0.3 is 19.4 Å². The first kappa shape index (κ1) is 13.9. The summed E-state index contributed by atoms with van der Waals surface area (Å²) in [5.41, 5.74) is 2.26. The Kier molecular flexibility index (Phi) is 3.84. The molecule has 1 N–H and O–H groups in total. The summed E-state index contributed by atoms with van der Waals surface area (Å²) in [6, 6.07) is 6.24. The first-order valence-corrected chi connectivity index (χ1v) is 7.27. The van der Waals surface area contributed by atoms with E-state index in [1.54, 1.807) is 7.11 Å². The number of rotatable bonds is 4. The van der Waals surface area contributed by atoms with Crippen molar-refractivity contribution in [1.82, 2.24) is 14.9 Å². The Morgan fingerprint density at radius 1 is 1.48 bits per heavy atom. The Morgan fingerprint density at radius 2 is 2.33 bits per heavy atom. The molecule has 5 heteroatoms. The molecule has 1 aliphatic heterocycles. The second-order valence-corrected chi connectivity index (χ2v) is 5.29. The van der Waals surface area contributed by atoms with E-state index in [0.29, 0.717) is 0 Å². The summed E-state index contributed by atoms with van der Waals surface area (Å²) >= 11 is 0. The summed E-state index contributed by atoms with van der Waals surface area (Å²) in [6.45, 7) is 3.04. The van der Waals surface area contributed by atoms with E-state index in [-0.39, 0.29) is 12.1 Å². The standard InChI is InChI=1S/C16H21N3O2/c1-4-18-13-8-16(14-9-17-10-19(14)2)21-15-6-5-11(20-3)7-12(13)15/h5-7,9-10,13,16,18H,4,8H2,1-3H3. The molecule has 3 rings (SSSR count). The molecule has 2 atom stereocenters. The van der Waals surface area contributed by atoms with E-state index in [1.165, 1.54) is 0 Å². The number of aromatic nitrogens is 2. The van der Waals surface area contributed by atoms with Gasteiger partial charge in [0.25, 0.3) is 0 Å². The normalized spacial score (nSPS) is 20.7. The Bertz CT molecular complexity index is 624. The highest BCUT2D eigenvalue weighted by molar-refractivity contribution is 5.44. The number of imidazole rings is 1. The topological polar surface area (TPSA) is 48.3 Å². The van der Waals surface area contributed by atoms with Crippen LogP contribution in [0.25, 0.3) is 0 Å². The van der Waals surface area contributed by atoms with Gasteiger partial charge in [0, 0.05) is 25.1 Å². The van der Waals surface area contributed by atoms with Gasteiger partial charge in [-0.05, 0) is 24.7 Å². The third kappa shape index (κ3) is 2.61. The minimum Gasteiger partial charge on any atom is -0.497 e. The van der Waals surface area contributed by atoms with Crippen LogP contribution >= 0.6 is 0 Å². The molecule has 112 valence electrons. The number of hydrogen-bond acceptors (Lipinski definition) is 4. The van der Waals surface area contributed by atoms with Crippen molar-refractivity contribution < 1.29 is 9.47 Å². The molecular formula is C16H21N3O2. The van der Waals surface area contributed by atoms with Gasteiger partial charge in [-0.15, -0.1) is 0 Å². The Morgan fingerprint density at radius 3 is 3.00 bits per heavy atom. The van der Waals surface area contributed by atoms with E-state index in [9.17, 15) is 0 Å². The molecule has 0 spiro atoms. The van der Waals surface area contributed by atoms with Crippen LogP contribution in [0.4, 0.5) is 0 Å². The van der Waals surface area contributed by atoms with Crippen molar-refractivity contribution >= 4 is 0 Å². The molecular weight excluding hydrogens is 266 g/mol. The Labute approximate surface area is 124 Å². The van der Waals surface area contributed by atoms with E-state index >= 15 is 0 Å². The third-order valence-corrected chi connectivity index (χ3v) is 3.95. The molecule has 1 aromatic carbocycles. The molecule has 0 saturated carbocycles. The predicted octanol–water partition coefficient (Wildman–Crippen LogP) is 2.60. The molecule has 0 aliphatic carbocycles. The average Bonchev–Trinajstić information content (AvgIpc) is 2.93. The van der Waals surface area contributed by atoms with Crippen LogP contribution in [0.5, 0.6) is 11.5 Å². The summed E-state index contributed by atoms with van der Waals surface area (Å²) in [4.78, 5) is 4.19. The lowest BCUT2D eigenvalue weighted by molar-refractivity contribution is 0.145. The summed E-state index contributed by atoms with van der Waals surface area (Å²) in [5.74, 6) is 1.78. The van der Waals surface area contributed by atoms with Crippen molar-refractivity contribution in [3.05, 3.63) is 42.0 Å². The fourth-order valence-electron chi connectivity index (χ4n) is 2.87. The fourth-order valence-corrected chi connectivity index (χ4v) is 2.87. The van der Waals surface area contributed by atoms with Crippen LogP contribution < -0.4 is 14.8 Å². The zero-order chi connectivity index (χ0) is 14.8. The maximum Gasteiger partial charge on any atom is 0.142 e. The van der Waals surface area contributed by atoms with Crippen LogP contribution in [-0.4, -0.2) is 23.2 Å². The average molecular weight is 287 g/mol. The van der Waals surface area contributed by atoms with Crippen molar-refractivity contribution in [2.45, 2.75) is 25.5 Å². The van der Waals surface area contributed by atoms with Crippen LogP contribution in [0.1, 0.15) is 36.7 Å². The van der Waals surface area contributed by atoms with Gasteiger partial charge in [-0.2, -0.15) is 0 Å². The van der Waals surface area contributed by atoms with Crippen LogP contribution in [0, 0.1) is 0 Å². The van der Waals surface area contributed by atoms with Gasteiger partial charge in [-0.3, -0.25) is 0 Å². The molecule has 2 unspecified atom stereocenters. The van der Waals surface area contributed by atoms with Gasteiger partial charge >= 0.3 is 0 Å². The minimum atomic E-state index is 0.0162. The van der Waals surface area contributed by atoms with E-state index in [2.05, 4.69) is 23.3 Å². The molecule has 2 heterocycles. The van der Waals surface area contributed by atoms with Crippen molar-refractivity contribution in [1.29, 1.82) is 0 Å². The number of fused-ring (bicyclic) bond motifs is 1. The van der Waals surface area contributed by atoms with Crippen molar-refractivity contribution in [3.63, 3.8) is 0 Å². The maximum atomic E-state index is 6.18. The van der Waals surface area contributed by atoms with Crippen molar-refractivity contribution in [2.75, 3.05) is 13.7 Å². The number of hydrogen-bond donors (Lipinski definition) is 1. The maximum absolute atomic E-state index is 6.18. The van der Waals surface area contributed by atoms with E-state index in [4.69, 9.17) is 9.47 Å². The largest absolute Gasteiger partial charge is 0.497 e. The molecule has 0 fully saturated rings. The highest BCUT2D eigenvalue weighted by atomic mass is 16.5. The lowest BCUT2D eigenvalue weighted by atomic mass is 9.95.